The van der Waals surface area contributed by atoms with E-state index >= 15 is 0 Å². The van der Waals surface area contributed by atoms with Crippen molar-refractivity contribution >= 4 is 5.97 Å². The SMILES string of the molecule is COC(=O)COCCOC1CCNCC1. The molecule has 88 valence electrons. The van der Waals surface area contributed by atoms with Gasteiger partial charge in [0.05, 0.1) is 26.4 Å². The highest BCUT2D eigenvalue weighted by atomic mass is 16.6. The van der Waals surface area contributed by atoms with Crippen LogP contribution in [0, 0.1) is 0 Å². The molecule has 1 saturated heterocycles. The molecular formula is C10H19NO4. The number of carbonyl (C=O) groups excluding carboxylic acids is 1. The van der Waals surface area contributed by atoms with Crippen LogP contribution in [0.25, 0.3) is 0 Å². The maximum absolute atomic E-state index is 10.7. The molecule has 5 heteroatoms. The Kier molecular flexibility index (Phi) is 6.31. The van der Waals surface area contributed by atoms with Crippen LogP contribution in [0.15, 0.2) is 0 Å². The van der Waals surface area contributed by atoms with Gasteiger partial charge in [-0.2, -0.15) is 0 Å². The normalized spacial score (nSPS) is 17.7. The highest BCUT2D eigenvalue weighted by molar-refractivity contribution is 5.70. The Labute approximate surface area is 90.1 Å². The van der Waals surface area contributed by atoms with Crippen molar-refractivity contribution in [1.82, 2.24) is 5.32 Å². The highest BCUT2D eigenvalue weighted by Gasteiger charge is 2.12. The molecule has 1 heterocycles. The van der Waals surface area contributed by atoms with Crippen molar-refractivity contribution in [2.24, 2.45) is 0 Å². The number of carbonyl (C=O) groups is 1. The van der Waals surface area contributed by atoms with Gasteiger partial charge >= 0.3 is 5.97 Å². The third-order valence-corrected chi connectivity index (χ3v) is 2.31. The number of piperidine rings is 1. The third-order valence-electron chi connectivity index (χ3n) is 2.31. The van der Waals surface area contributed by atoms with E-state index < -0.39 is 0 Å². The molecule has 5 nitrogen and oxygen atoms in total. The second kappa shape index (κ2) is 7.62. The fraction of sp³-hybridized carbons (Fsp3) is 0.900. The van der Waals surface area contributed by atoms with Crippen LogP contribution in [-0.2, 0) is 19.0 Å². The van der Waals surface area contributed by atoms with Gasteiger partial charge in [0.2, 0.25) is 0 Å². The fourth-order valence-corrected chi connectivity index (χ4v) is 1.45. The molecule has 1 fully saturated rings. The van der Waals surface area contributed by atoms with E-state index in [-0.39, 0.29) is 12.6 Å². The van der Waals surface area contributed by atoms with E-state index in [9.17, 15) is 4.79 Å². The van der Waals surface area contributed by atoms with Crippen LogP contribution in [-0.4, -0.2) is 52.1 Å². The number of hydrogen-bond acceptors (Lipinski definition) is 5. The molecule has 0 atom stereocenters. The summed E-state index contributed by atoms with van der Waals surface area (Å²) in [6.07, 6.45) is 2.45. The Morgan fingerprint density at radius 2 is 2.07 bits per heavy atom. The molecule has 0 amide bonds. The molecule has 0 aromatic rings. The Bertz CT molecular complexity index is 180. The zero-order valence-electron chi connectivity index (χ0n) is 9.16. The summed E-state index contributed by atoms with van der Waals surface area (Å²) in [7, 11) is 1.34. The van der Waals surface area contributed by atoms with Gasteiger partial charge in [0.25, 0.3) is 0 Å². The molecule has 15 heavy (non-hydrogen) atoms. The molecular weight excluding hydrogens is 198 g/mol. The molecule has 0 spiro atoms. The molecule has 0 radical (unpaired) electrons. The van der Waals surface area contributed by atoms with Gasteiger partial charge in [0, 0.05) is 0 Å². The summed E-state index contributed by atoms with van der Waals surface area (Å²) in [5.41, 5.74) is 0. The smallest absolute Gasteiger partial charge is 0.331 e. The average molecular weight is 217 g/mol. The molecule has 1 aliphatic heterocycles. The highest BCUT2D eigenvalue weighted by Crippen LogP contribution is 2.06. The van der Waals surface area contributed by atoms with Gasteiger partial charge in [0.15, 0.2) is 0 Å². The predicted octanol–water partition coefficient (Wildman–Crippen LogP) is -0.0554. The number of nitrogens with one attached hydrogen (secondary N) is 1. The molecule has 0 aromatic heterocycles. The number of esters is 1. The van der Waals surface area contributed by atoms with Crippen molar-refractivity contribution in [2.45, 2.75) is 18.9 Å². The lowest BCUT2D eigenvalue weighted by atomic mass is 10.1. The first-order valence-electron chi connectivity index (χ1n) is 5.30. The van der Waals surface area contributed by atoms with Gasteiger partial charge < -0.3 is 19.5 Å². The standard InChI is InChI=1S/C10H19NO4/c1-13-10(12)8-14-6-7-15-9-2-4-11-5-3-9/h9,11H,2-8H2,1H3. The quantitative estimate of drug-likeness (QED) is 0.499. The topological polar surface area (TPSA) is 56.8 Å². The maximum Gasteiger partial charge on any atom is 0.331 e. The van der Waals surface area contributed by atoms with E-state index in [2.05, 4.69) is 10.1 Å². The van der Waals surface area contributed by atoms with Crippen LogP contribution in [0.4, 0.5) is 0 Å². The summed E-state index contributed by atoms with van der Waals surface area (Å²) in [5.74, 6) is -0.350. The van der Waals surface area contributed by atoms with E-state index in [0.29, 0.717) is 19.3 Å². The van der Waals surface area contributed by atoms with Crippen LogP contribution >= 0.6 is 0 Å². The Balaban J connectivity index is 1.89. The molecule has 0 aromatic carbocycles. The van der Waals surface area contributed by atoms with Crippen molar-refractivity contribution in [3.05, 3.63) is 0 Å². The lowest BCUT2D eigenvalue weighted by Crippen LogP contribution is -2.33. The summed E-state index contributed by atoms with van der Waals surface area (Å²) >= 11 is 0. The minimum Gasteiger partial charge on any atom is -0.467 e. The Morgan fingerprint density at radius 1 is 1.33 bits per heavy atom. The van der Waals surface area contributed by atoms with Crippen molar-refractivity contribution in [3.63, 3.8) is 0 Å². The first-order valence-corrected chi connectivity index (χ1v) is 5.30. The minimum absolute atomic E-state index is 0.00603. The summed E-state index contributed by atoms with van der Waals surface area (Å²) in [6, 6.07) is 0. The van der Waals surface area contributed by atoms with E-state index in [0.717, 1.165) is 25.9 Å². The van der Waals surface area contributed by atoms with Gasteiger partial charge in [-0.1, -0.05) is 0 Å². The Hall–Kier alpha value is -0.650. The number of methoxy groups -OCH3 is 1. The van der Waals surface area contributed by atoms with E-state index in [4.69, 9.17) is 9.47 Å². The van der Waals surface area contributed by atoms with Crippen molar-refractivity contribution in [3.8, 4) is 0 Å². The second-order valence-corrected chi connectivity index (χ2v) is 3.45. The number of ether oxygens (including phenoxy) is 3. The molecule has 1 aliphatic rings. The maximum atomic E-state index is 10.7. The molecule has 0 saturated carbocycles. The van der Waals surface area contributed by atoms with Gasteiger partial charge in [-0.15, -0.1) is 0 Å². The fourth-order valence-electron chi connectivity index (χ4n) is 1.45. The summed E-state index contributed by atoms with van der Waals surface area (Å²) in [6.45, 7) is 3.04. The average Bonchev–Trinajstić information content (AvgIpc) is 2.29. The van der Waals surface area contributed by atoms with Gasteiger partial charge in [-0.25, -0.2) is 4.79 Å². The lowest BCUT2D eigenvalue weighted by Gasteiger charge is -2.22. The first kappa shape index (κ1) is 12.4. The third kappa shape index (κ3) is 5.71. The van der Waals surface area contributed by atoms with Crippen LogP contribution in [0.2, 0.25) is 0 Å². The summed E-state index contributed by atoms with van der Waals surface area (Å²) in [4.78, 5) is 10.7. The van der Waals surface area contributed by atoms with Crippen molar-refractivity contribution < 1.29 is 19.0 Å². The van der Waals surface area contributed by atoms with E-state index in [1.807, 2.05) is 0 Å². The first-order chi connectivity index (χ1) is 7.33. The van der Waals surface area contributed by atoms with Crippen LogP contribution in [0.5, 0.6) is 0 Å². The van der Waals surface area contributed by atoms with Gasteiger partial charge in [-0.05, 0) is 25.9 Å². The van der Waals surface area contributed by atoms with Crippen LogP contribution in [0.3, 0.4) is 0 Å². The van der Waals surface area contributed by atoms with Crippen LogP contribution in [0.1, 0.15) is 12.8 Å². The second-order valence-electron chi connectivity index (χ2n) is 3.45. The van der Waals surface area contributed by atoms with Gasteiger partial charge in [0.1, 0.15) is 6.61 Å². The van der Waals surface area contributed by atoms with Crippen molar-refractivity contribution in [1.29, 1.82) is 0 Å². The molecule has 0 aliphatic carbocycles. The van der Waals surface area contributed by atoms with E-state index in [1.165, 1.54) is 7.11 Å². The number of hydrogen-bond donors (Lipinski definition) is 1. The summed E-state index contributed by atoms with van der Waals surface area (Å²) < 4.78 is 15.1. The monoisotopic (exact) mass is 217 g/mol. The van der Waals surface area contributed by atoms with Gasteiger partial charge in [-0.3, -0.25) is 0 Å². The number of rotatable bonds is 6. The lowest BCUT2D eigenvalue weighted by molar-refractivity contribution is -0.146. The largest absolute Gasteiger partial charge is 0.467 e. The van der Waals surface area contributed by atoms with E-state index in [1.54, 1.807) is 0 Å². The zero-order valence-corrected chi connectivity index (χ0v) is 9.16. The van der Waals surface area contributed by atoms with Crippen molar-refractivity contribution in [2.75, 3.05) is 40.0 Å². The summed E-state index contributed by atoms with van der Waals surface area (Å²) in [5, 5.41) is 3.27. The molecule has 1 rings (SSSR count). The minimum atomic E-state index is -0.350. The predicted molar refractivity (Wildman–Crippen MR) is 54.7 cm³/mol. The Morgan fingerprint density at radius 3 is 2.73 bits per heavy atom. The molecule has 1 N–H and O–H groups in total. The molecule has 0 unspecified atom stereocenters. The molecule has 0 bridgehead atoms. The van der Waals surface area contributed by atoms with Crippen LogP contribution < -0.4 is 5.32 Å². The zero-order chi connectivity index (χ0) is 10.9.